The van der Waals surface area contributed by atoms with E-state index in [-0.39, 0.29) is 17.3 Å². The summed E-state index contributed by atoms with van der Waals surface area (Å²) in [6.45, 7) is 1.24. The van der Waals surface area contributed by atoms with Gasteiger partial charge >= 0.3 is 0 Å². The molecule has 1 aromatic carbocycles. The second-order valence-corrected chi connectivity index (χ2v) is 10.1. The van der Waals surface area contributed by atoms with Crippen molar-refractivity contribution in [2.24, 2.45) is 0 Å². The van der Waals surface area contributed by atoms with E-state index in [2.05, 4.69) is 10.3 Å². The number of rotatable bonds is 7. The first-order valence-corrected chi connectivity index (χ1v) is 12.1. The maximum Gasteiger partial charge on any atom is 0.244 e. The quantitative estimate of drug-likeness (QED) is 0.688. The number of amides is 2. The van der Waals surface area contributed by atoms with Gasteiger partial charge in [-0.15, -0.1) is 0 Å². The number of hydrogen-bond acceptors (Lipinski definition) is 6. The van der Waals surface area contributed by atoms with Crippen molar-refractivity contribution in [1.82, 2.24) is 14.2 Å². The van der Waals surface area contributed by atoms with Gasteiger partial charge in [0.05, 0.1) is 13.0 Å². The molecule has 1 saturated heterocycles. The third-order valence-electron chi connectivity index (χ3n) is 4.67. The Morgan fingerprint density at radius 2 is 1.87 bits per heavy atom. The van der Waals surface area contributed by atoms with E-state index in [0.29, 0.717) is 12.1 Å². The number of carbonyl (C=O) groups excluding carboxylic acids is 2. The van der Waals surface area contributed by atoms with Crippen LogP contribution in [-0.2, 0) is 26.0 Å². The first kappa shape index (κ1) is 22.3. The maximum atomic E-state index is 12.5. The number of likely N-dealkylation sites (N-methyl/N-ethyl adjacent to an activating group) is 1. The third kappa shape index (κ3) is 5.80. The average molecular weight is 449 g/mol. The SMILES string of the molecule is CN(CC(=O)Nc1ccc(CC(=O)N2CCSCC2)cc1)S(=O)(=O)c1cccnc1. The lowest BCUT2D eigenvalue weighted by atomic mass is 10.1. The molecular weight excluding hydrogens is 424 g/mol. The Hall–Kier alpha value is -2.43. The van der Waals surface area contributed by atoms with Crippen LogP contribution in [0.25, 0.3) is 0 Å². The molecule has 1 N–H and O–H groups in total. The average Bonchev–Trinajstić information content (AvgIpc) is 2.76. The fourth-order valence-corrected chi connectivity index (χ4v) is 4.97. The largest absolute Gasteiger partial charge is 0.341 e. The van der Waals surface area contributed by atoms with Crippen LogP contribution in [0.3, 0.4) is 0 Å². The van der Waals surface area contributed by atoms with Crippen LogP contribution in [0.15, 0.2) is 53.7 Å². The van der Waals surface area contributed by atoms with Crippen molar-refractivity contribution in [2.75, 3.05) is 43.5 Å². The lowest BCUT2D eigenvalue weighted by Gasteiger charge is -2.26. The fourth-order valence-electron chi connectivity index (χ4n) is 2.97. The molecule has 30 heavy (non-hydrogen) atoms. The maximum absolute atomic E-state index is 12.5. The van der Waals surface area contributed by atoms with Crippen LogP contribution in [0.2, 0.25) is 0 Å². The van der Waals surface area contributed by atoms with E-state index in [1.54, 1.807) is 24.3 Å². The van der Waals surface area contributed by atoms with Crippen LogP contribution >= 0.6 is 11.8 Å². The molecular formula is C20H24N4O4S2. The van der Waals surface area contributed by atoms with E-state index >= 15 is 0 Å². The molecule has 2 heterocycles. The van der Waals surface area contributed by atoms with Crippen molar-refractivity contribution in [3.63, 3.8) is 0 Å². The van der Waals surface area contributed by atoms with Crippen LogP contribution in [0.1, 0.15) is 5.56 Å². The molecule has 1 aliphatic heterocycles. The predicted octanol–water partition coefficient (Wildman–Crippen LogP) is 1.46. The summed E-state index contributed by atoms with van der Waals surface area (Å²) in [4.78, 5) is 30.3. The Kier molecular flexibility index (Phi) is 7.46. The van der Waals surface area contributed by atoms with E-state index in [1.807, 2.05) is 16.7 Å². The molecule has 0 radical (unpaired) electrons. The van der Waals surface area contributed by atoms with Crippen molar-refractivity contribution in [3.05, 3.63) is 54.4 Å². The van der Waals surface area contributed by atoms with Gasteiger partial charge in [-0.25, -0.2) is 8.42 Å². The fraction of sp³-hybridized carbons (Fsp3) is 0.350. The monoisotopic (exact) mass is 448 g/mol. The van der Waals surface area contributed by atoms with E-state index in [4.69, 9.17) is 0 Å². The van der Waals surface area contributed by atoms with Crippen LogP contribution in [0, 0.1) is 0 Å². The molecule has 3 rings (SSSR count). The van der Waals surface area contributed by atoms with Gasteiger partial charge < -0.3 is 10.2 Å². The van der Waals surface area contributed by atoms with Gasteiger partial charge in [0, 0.05) is 49.7 Å². The van der Waals surface area contributed by atoms with Crippen molar-refractivity contribution < 1.29 is 18.0 Å². The molecule has 0 atom stereocenters. The zero-order chi connectivity index (χ0) is 21.6. The zero-order valence-corrected chi connectivity index (χ0v) is 18.3. The van der Waals surface area contributed by atoms with Gasteiger partial charge in [0.1, 0.15) is 4.90 Å². The molecule has 1 aromatic heterocycles. The van der Waals surface area contributed by atoms with Crippen LogP contribution in [0.5, 0.6) is 0 Å². The normalized spacial score (nSPS) is 14.5. The standard InChI is InChI=1S/C20H24N4O4S2/c1-23(30(27,28)18-3-2-8-21-14-18)15-19(25)22-17-6-4-16(5-7-17)13-20(26)24-9-11-29-12-10-24/h2-8,14H,9-13,15H2,1H3,(H,22,25). The lowest BCUT2D eigenvalue weighted by molar-refractivity contribution is -0.130. The Balaban J connectivity index is 1.53. The molecule has 8 nitrogen and oxygen atoms in total. The van der Waals surface area contributed by atoms with Crippen LogP contribution < -0.4 is 5.32 Å². The van der Waals surface area contributed by atoms with Crippen molar-refractivity contribution in [3.8, 4) is 0 Å². The number of carbonyl (C=O) groups is 2. The Morgan fingerprint density at radius 1 is 1.17 bits per heavy atom. The highest BCUT2D eigenvalue weighted by atomic mass is 32.2. The minimum absolute atomic E-state index is 0.0293. The molecule has 160 valence electrons. The Labute approximate surface area is 180 Å². The molecule has 0 bridgehead atoms. The number of aromatic nitrogens is 1. The van der Waals surface area contributed by atoms with Gasteiger partial charge in [0.25, 0.3) is 0 Å². The Bertz CT molecular complexity index is 976. The highest BCUT2D eigenvalue weighted by Crippen LogP contribution is 2.15. The van der Waals surface area contributed by atoms with Gasteiger partial charge in [-0.3, -0.25) is 14.6 Å². The lowest BCUT2D eigenvalue weighted by Crippen LogP contribution is -2.38. The molecule has 2 amide bonds. The van der Waals surface area contributed by atoms with Crippen molar-refractivity contribution >= 4 is 39.3 Å². The van der Waals surface area contributed by atoms with Gasteiger partial charge in [0.15, 0.2) is 0 Å². The molecule has 1 fully saturated rings. The number of sulfonamides is 1. The molecule has 1 aliphatic rings. The van der Waals surface area contributed by atoms with Crippen LogP contribution in [-0.4, -0.2) is 72.6 Å². The number of nitrogens with one attached hydrogen (secondary N) is 1. The van der Waals surface area contributed by atoms with Crippen molar-refractivity contribution in [1.29, 1.82) is 0 Å². The zero-order valence-electron chi connectivity index (χ0n) is 16.7. The summed E-state index contributed by atoms with van der Waals surface area (Å²) >= 11 is 1.86. The summed E-state index contributed by atoms with van der Waals surface area (Å²) in [5.74, 6) is 1.59. The first-order valence-electron chi connectivity index (χ1n) is 9.47. The summed E-state index contributed by atoms with van der Waals surface area (Å²) in [5.41, 5.74) is 1.41. The summed E-state index contributed by atoms with van der Waals surface area (Å²) < 4.78 is 25.9. The highest BCUT2D eigenvalue weighted by molar-refractivity contribution is 7.99. The number of anilines is 1. The molecule has 0 spiro atoms. The first-order chi connectivity index (χ1) is 14.4. The minimum Gasteiger partial charge on any atom is -0.341 e. The van der Waals surface area contributed by atoms with Gasteiger partial charge in [-0.05, 0) is 29.8 Å². The van der Waals surface area contributed by atoms with Gasteiger partial charge in [-0.2, -0.15) is 16.1 Å². The second kappa shape index (κ2) is 10.1. The number of hydrogen-bond donors (Lipinski definition) is 1. The number of pyridine rings is 1. The third-order valence-corrected chi connectivity index (χ3v) is 7.40. The summed E-state index contributed by atoms with van der Waals surface area (Å²) in [6.07, 6.45) is 3.05. The predicted molar refractivity (Wildman–Crippen MR) is 117 cm³/mol. The highest BCUT2D eigenvalue weighted by Gasteiger charge is 2.23. The topological polar surface area (TPSA) is 99.7 Å². The van der Waals surface area contributed by atoms with Gasteiger partial charge in [0.2, 0.25) is 21.8 Å². The van der Waals surface area contributed by atoms with E-state index in [0.717, 1.165) is 34.5 Å². The van der Waals surface area contributed by atoms with Crippen molar-refractivity contribution in [2.45, 2.75) is 11.3 Å². The number of thioether (sulfide) groups is 1. The molecule has 10 heteroatoms. The Morgan fingerprint density at radius 3 is 2.50 bits per heavy atom. The smallest absolute Gasteiger partial charge is 0.244 e. The van der Waals surface area contributed by atoms with E-state index in [9.17, 15) is 18.0 Å². The number of benzene rings is 1. The minimum atomic E-state index is -3.79. The second-order valence-electron chi connectivity index (χ2n) is 6.86. The molecule has 0 unspecified atom stereocenters. The van der Waals surface area contributed by atoms with E-state index in [1.165, 1.54) is 31.6 Å². The molecule has 0 saturated carbocycles. The molecule has 0 aliphatic carbocycles. The van der Waals surface area contributed by atoms with E-state index < -0.39 is 15.9 Å². The van der Waals surface area contributed by atoms with Crippen LogP contribution in [0.4, 0.5) is 5.69 Å². The summed E-state index contributed by atoms with van der Waals surface area (Å²) in [5, 5.41) is 2.68. The number of nitrogens with zero attached hydrogens (tertiary/aromatic N) is 3. The van der Waals surface area contributed by atoms with Gasteiger partial charge in [-0.1, -0.05) is 12.1 Å². The molecule has 2 aromatic rings. The summed E-state index contributed by atoms with van der Waals surface area (Å²) in [6, 6.07) is 9.96. The summed E-state index contributed by atoms with van der Waals surface area (Å²) in [7, 11) is -2.45.